The van der Waals surface area contributed by atoms with Crippen molar-refractivity contribution in [3.63, 3.8) is 0 Å². The number of halogens is 1. The van der Waals surface area contributed by atoms with E-state index in [9.17, 15) is 17.6 Å². The molecule has 0 aromatic heterocycles. The summed E-state index contributed by atoms with van der Waals surface area (Å²) < 4.78 is 44.5. The molecule has 0 fully saturated rings. The molecule has 0 bridgehead atoms. The summed E-state index contributed by atoms with van der Waals surface area (Å²) in [4.78, 5) is 12.0. The lowest BCUT2D eigenvalue weighted by Crippen LogP contribution is -2.37. The number of hydrogen-bond acceptors (Lipinski definition) is 4. The zero-order chi connectivity index (χ0) is 18.4. The molecular formula is C17H19FN2O4S. The number of carbonyl (C=O) groups is 1. The van der Waals surface area contributed by atoms with Crippen LogP contribution in [-0.4, -0.2) is 38.8 Å². The van der Waals surface area contributed by atoms with Crippen LogP contribution in [0.1, 0.15) is 6.92 Å². The molecule has 134 valence electrons. The van der Waals surface area contributed by atoms with E-state index < -0.39 is 21.7 Å². The normalized spacial score (nSPS) is 11.4. The van der Waals surface area contributed by atoms with Gasteiger partial charge in [0, 0.05) is 18.3 Å². The molecule has 25 heavy (non-hydrogen) atoms. The molecule has 0 atom stereocenters. The van der Waals surface area contributed by atoms with E-state index in [0.717, 1.165) is 16.4 Å². The van der Waals surface area contributed by atoms with E-state index in [1.807, 2.05) is 0 Å². The highest BCUT2D eigenvalue weighted by Gasteiger charge is 2.25. The molecule has 2 rings (SSSR count). The third kappa shape index (κ3) is 4.77. The van der Waals surface area contributed by atoms with Gasteiger partial charge in [0.2, 0.25) is 15.9 Å². The Labute approximate surface area is 146 Å². The minimum atomic E-state index is -3.97. The quantitative estimate of drug-likeness (QED) is 0.817. The smallest absolute Gasteiger partial charge is 0.243 e. The van der Waals surface area contributed by atoms with Crippen molar-refractivity contribution in [2.24, 2.45) is 0 Å². The second-order valence-corrected chi connectivity index (χ2v) is 7.11. The predicted molar refractivity (Wildman–Crippen MR) is 92.5 cm³/mol. The number of amides is 1. The predicted octanol–water partition coefficient (Wildman–Crippen LogP) is 2.48. The molecule has 0 spiro atoms. The SMILES string of the molecule is CCN(CC(=O)Nc1cccc(OC)c1)S(=O)(=O)c1cccc(F)c1. The number of carbonyl (C=O) groups excluding carboxylic acids is 1. The second kappa shape index (κ2) is 8.09. The standard InChI is InChI=1S/C17H19FN2O4S/c1-3-20(25(22,23)16-9-4-6-13(18)10-16)12-17(21)19-14-7-5-8-15(11-14)24-2/h4-11H,3,12H2,1-2H3,(H,19,21). The first-order valence-corrected chi connectivity index (χ1v) is 9.00. The molecule has 8 heteroatoms. The number of sulfonamides is 1. The molecule has 0 aliphatic rings. The van der Waals surface area contributed by atoms with Crippen LogP contribution in [-0.2, 0) is 14.8 Å². The first kappa shape index (κ1) is 18.9. The van der Waals surface area contributed by atoms with Crippen molar-refractivity contribution in [3.05, 3.63) is 54.3 Å². The Morgan fingerprint density at radius 3 is 2.56 bits per heavy atom. The Balaban J connectivity index is 2.14. The van der Waals surface area contributed by atoms with Gasteiger partial charge in [0.05, 0.1) is 18.6 Å². The van der Waals surface area contributed by atoms with Crippen molar-refractivity contribution in [2.45, 2.75) is 11.8 Å². The van der Waals surface area contributed by atoms with Crippen molar-refractivity contribution < 1.29 is 22.3 Å². The Morgan fingerprint density at radius 1 is 1.20 bits per heavy atom. The van der Waals surface area contributed by atoms with Gasteiger partial charge in [-0.25, -0.2) is 12.8 Å². The van der Waals surface area contributed by atoms with Crippen molar-refractivity contribution in [1.82, 2.24) is 4.31 Å². The summed E-state index contributed by atoms with van der Waals surface area (Å²) >= 11 is 0. The molecule has 0 unspecified atom stereocenters. The van der Waals surface area contributed by atoms with Crippen LogP contribution in [0.5, 0.6) is 5.75 Å². The lowest BCUT2D eigenvalue weighted by Gasteiger charge is -2.20. The van der Waals surface area contributed by atoms with Crippen molar-refractivity contribution in [3.8, 4) is 5.75 Å². The summed E-state index contributed by atoms with van der Waals surface area (Å²) in [5.74, 6) is -0.592. The highest BCUT2D eigenvalue weighted by atomic mass is 32.2. The van der Waals surface area contributed by atoms with Crippen molar-refractivity contribution in [2.75, 3.05) is 25.5 Å². The Bertz CT molecular complexity index is 855. The van der Waals surface area contributed by atoms with Gasteiger partial charge in [-0.15, -0.1) is 0 Å². The molecule has 2 aromatic carbocycles. The number of benzene rings is 2. The number of nitrogens with zero attached hydrogens (tertiary/aromatic N) is 1. The molecule has 0 radical (unpaired) electrons. The number of ether oxygens (including phenoxy) is 1. The average molecular weight is 366 g/mol. The average Bonchev–Trinajstić information content (AvgIpc) is 2.59. The zero-order valence-electron chi connectivity index (χ0n) is 13.9. The minimum absolute atomic E-state index is 0.0738. The van der Waals surface area contributed by atoms with Crippen LogP contribution in [0.25, 0.3) is 0 Å². The van der Waals surface area contributed by atoms with Crippen LogP contribution in [0.4, 0.5) is 10.1 Å². The van der Waals surface area contributed by atoms with Crippen LogP contribution < -0.4 is 10.1 Å². The van der Waals surface area contributed by atoms with Crippen molar-refractivity contribution >= 4 is 21.6 Å². The summed E-state index contributed by atoms with van der Waals surface area (Å²) in [5.41, 5.74) is 0.489. The maximum atomic E-state index is 13.3. The van der Waals surface area contributed by atoms with Crippen LogP contribution in [0, 0.1) is 5.82 Å². The first-order chi connectivity index (χ1) is 11.9. The van der Waals surface area contributed by atoms with E-state index >= 15 is 0 Å². The fourth-order valence-corrected chi connectivity index (χ4v) is 3.64. The summed E-state index contributed by atoms with van der Waals surface area (Å²) in [7, 11) is -2.46. The molecule has 1 N–H and O–H groups in total. The summed E-state index contributed by atoms with van der Waals surface area (Å²) in [6.07, 6.45) is 0. The monoisotopic (exact) mass is 366 g/mol. The van der Waals surface area contributed by atoms with Crippen LogP contribution >= 0.6 is 0 Å². The molecule has 0 heterocycles. The largest absolute Gasteiger partial charge is 0.497 e. The number of anilines is 1. The minimum Gasteiger partial charge on any atom is -0.497 e. The van der Waals surface area contributed by atoms with Gasteiger partial charge in [0.15, 0.2) is 0 Å². The summed E-state index contributed by atoms with van der Waals surface area (Å²) in [6.45, 7) is 1.30. The third-order valence-corrected chi connectivity index (χ3v) is 5.38. The van der Waals surface area contributed by atoms with E-state index in [1.165, 1.54) is 19.2 Å². The van der Waals surface area contributed by atoms with Gasteiger partial charge in [-0.3, -0.25) is 4.79 Å². The molecule has 0 saturated heterocycles. The molecule has 1 amide bonds. The highest BCUT2D eigenvalue weighted by molar-refractivity contribution is 7.89. The second-order valence-electron chi connectivity index (χ2n) is 5.17. The number of nitrogens with one attached hydrogen (secondary N) is 1. The Morgan fingerprint density at radius 2 is 1.92 bits per heavy atom. The number of methoxy groups -OCH3 is 1. The van der Waals surface area contributed by atoms with Gasteiger partial charge in [-0.05, 0) is 30.3 Å². The third-order valence-electron chi connectivity index (χ3n) is 3.46. The maximum Gasteiger partial charge on any atom is 0.243 e. The van der Waals surface area contributed by atoms with E-state index in [2.05, 4.69) is 5.32 Å². The topological polar surface area (TPSA) is 75.7 Å². The van der Waals surface area contributed by atoms with Gasteiger partial charge in [-0.1, -0.05) is 19.1 Å². The highest BCUT2D eigenvalue weighted by Crippen LogP contribution is 2.18. The van der Waals surface area contributed by atoms with E-state index in [0.29, 0.717) is 11.4 Å². The molecule has 0 aliphatic heterocycles. The molecule has 2 aromatic rings. The van der Waals surface area contributed by atoms with Gasteiger partial charge < -0.3 is 10.1 Å². The van der Waals surface area contributed by atoms with E-state index in [4.69, 9.17) is 4.74 Å². The van der Waals surface area contributed by atoms with E-state index in [1.54, 1.807) is 31.2 Å². The Hall–Kier alpha value is -2.45. The zero-order valence-corrected chi connectivity index (χ0v) is 14.7. The van der Waals surface area contributed by atoms with E-state index in [-0.39, 0.29) is 18.0 Å². The molecular weight excluding hydrogens is 347 g/mol. The van der Waals surface area contributed by atoms with Crippen LogP contribution in [0.3, 0.4) is 0 Å². The Kier molecular flexibility index (Phi) is 6.11. The molecule has 0 saturated carbocycles. The number of likely N-dealkylation sites (N-methyl/N-ethyl adjacent to an activating group) is 1. The number of hydrogen-bond donors (Lipinski definition) is 1. The summed E-state index contributed by atoms with van der Waals surface area (Å²) in [6, 6.07) is 11.4. The van der Waals surface area contributed by atoms with Crippen LogP contribution in [0.2, 0.25) is 0 Å². The summed E-state index contributed by atoms with van der Waals surface area (Å²) in [5, 5.41) is 2.62. The number of rotatable bonds is 7. The lowest BCUT2D eigenvalue weighted by atomic mass is 10.3. The van der Waals surface area contributed by atoms with Crippen LogP contribution in [0.15, 0.2) is 53.4 Å². The van der Waals surface area contributed by atoms with Crippen molar-refractivity contribution in [1.29, 1.82) is 0 Å². The fraction of sp³-hybridized carbons (Fsp3) is 0.235. The van der Waals surface area contributed by atoms with Gasteiger partial charge >= 0.3 is 0 Å². The lowest BCUT2D eigenvalue weighted by molar-refractivity contribution is -0.116. The molecule has 6 nitrogen and oxygen atoms in total. The fourth-order valence-electron chi connectivity index (χ4n) is 2.20. The first-order valence-electron chi connectivity index (χ1n) is 7.56. The van der Waals surface area contributed by atoms with Gasteiger partial charge in [-0.2, -0.15) is 4.31 Å². The van der Waals surface area contributed by atoms with Gasteiger partial charge in [0.1, 0.15) is 11.6 Å². The maximum absolute atomic E-state index is 13.3. The molecule has 0 aliphatic carbocycles. The van der Waals surface area contributed by atoms with Gasteiger partial charge in [0.25, 0.3) is 0 Å².